The van der Waals surface area contributed by atoms with Crippen LogP contribution in [0.2, 0.25) is 0 Å². The Morgan fingerprint density at radius 3 is 2.54 bits per heavy atom. The fraction of sp³-hybridized carbons (Fsp3) is 0.375. The minimum atomic E-state index is -2.85. The zero-order valence-corrected chi connectivity index (χ0v) is 13.7. The molecule has 0 radical (unpaired) electrons. The van der Waals surface area contributed by atoms with E-state index in [1.807, 2.05) is 27.1 Å². The van der Waals surface area contributed by atoms with Crippen molar-refractivity contribution in [1.29, 1.82) is 0 Å². The summed E-state index contributed by atoms with van der Waals surface area (Å²) in [5.74, 6) is 0.0823. The van der Waals surface area contributed by atoms with Crippen LogP contribution in [-0.4, -0.2) is 22.4 Å². The largest absolute Gasteiger partial charge is 0.435 e. The molecular formula is C16H20F2N4O2. The maximum Gasteiger partial charge on any atom is 0.387 e. The van der Waals surface area contributed by atoms with Crippen molar-refractivity contribution in [2.45, 2.75) is 33.0 Å². The number of carbonyl (C=O) groups is 1. The highest BCUT2D eigenvalue weighted by molar-refractivity contribution is 5.74. The Morgan fingerprint density at radius 1 is 1.33 bits per heavy atom. The van der Waals surface area contributed by atoms with Crippen LogP contribution in [0.5, 0.6) is 5.75 Å². The van der Waals surface area contributed by atoms with Crippen LogP contribution in [0, 0.1) is 6.92 Å². The van der Waals surface area contributed by atoms with E-state index in [0.717, 1.165) is 16.8 Å². The van der Waals surface area contributed by atoms with Gasteiger partial charge in [-0.25, -0.2) is 4.79 Å². The molecule has 2 aromatic rings. The first-order chi connectivity index (χ1) is 11.3. The smallest absolute Gasteiger partial charge is 0.387 e. The Kier molecular flexibility index (Phi) is 5.73. The van der Waals surface area contributed by atoms with E-state index in [4.69, 9.17) is 0 Å². The van der Waals surface area contributed by atoms with Gasteiger partial charge in [0.2, 0.25) is 0 Å². The number of nitrogens with zero attached hydrogens (tertiary/aromatic N) is 2. The minimum Gasteiger partial charge on any atom is -0.435 e. The van der Waals surface area contributed by atoms with Gasteiger partial charge in [-0.3, -0.25) is 4.68 Å². The normalized spacial score (nSPS) is 12.1. The lowest BCUT2D eigenvalue weighted by Crippen LogP contribution is -2.36. The molecule has 0 aliphatic heterocycles. The molecule has 1 heterocycles. The molecule has 1 aromatic heterocycles. The molecule has 0 aliphatic carbocycles. The molecule has 0 aliphatic rings. The predicted octanol–water partition coefficient (Wildman–Crippen LogP) is 2.89. The summed E-state index contributed by atoms with van der Waals surface area (Å²) in [6, 6.07) is 5.60. The maximum absolute atomic E-state index is 12.1. The fourth-order valence-corrected chi connectivity index (χ4v) is 2.34. The van der Waals surface area contributed by atoms with E-state index in [0.29, 0.717) is 0 Å². The maximum atomic E-state index is 12.1. The van der Waals surface area contributed by atoms with Crippen LogP contribution in [0.15, 0.2) is 30.5 Å². The van der Waals surface area contributed by atoms with E-state index in [-0.39, 0.29) is 24.4 Å². The van der Waals surface area contributed by atoms with Crippen molar-refractivity contribution in [1.82, 2.24) is 20.4 Å². The SMILES string of the molecule is Cc1nn(C)cc1C(C)NC(=O)NCc1ccc(OC(F)F)cc1. The monoisotopic (exact) mass is 338 g/mol. The van der Waals surface area contributed by atoms with Crippen LogP contribution in [-0.2, 0) is 13.6 Å². The predicted molar refractivity (Wildman–Crippen MR) is 84.8 cm³/mol. The number of carbonyl (C=O) groups excluding carboxylic acids is 1. The topological polar surface area (TPSA) is 68.2 Å². The van der Waals surface area contributed by atoms with Gasteiger partial charge >= 0.3 is 12.6 Å². The zero-order chi connectivity index (χ0) is 17.7. The lowest BCUT2D eigenvalue weighted by molar-refractivity contribution is -0.0498. The van der Waals surface area contributed by atoms with E-state index in [9.17, 15) is 13.6 Å². The van der Waals surface area contributed by atoms with Crippen molar-refractivity contribution < 1.29 is 18.3 Å². The number of benzene rings is 1. The van der Waals surface area contributed by atoms with Gasteiger partial charge in [-0.15, -0.1) is 0 Å². The number of hydrogen-bond donors (Lipinski definition) is 2. The van der Waals surface area contributed by atoms with Crippen molar-refractivity contribution in [3.05, 3.63) is 47.3 Å². The van der Waals surface area contributed by atoms with Crippen LogP contribution >= 0.6 is 0 Å². The lowest BCUT2D eigenvalue weighted by Gasteiger charge is -2.14. The fourth-order valence-electron chi connectivity index (χ4n) is 2.34. The van der Waals surface area contributed by atoms with Gasteiger partial charge in [0.25, 0.3) is 0 Å². The van der Waals surface area contributed by atoms with Crippen LogP contribution in [0.1, 0.15) is 29.8 Å². The third-order valence-corrected chi connectivity index (χ3v) is 3.47. The Bertz CT molecular complexity index is 686. The third kappa shape index (κ3) is 4.94. The molecule has 2 N–H and O–H groups in total. The second-order valence-corrected chi connectivity index (χ2v) is 5.41. The first-order valence-electron chi connectivity index (χ1n) is 7.43. The number of nitrogens with one attached hydrogen (secondary N) is 2. The molecule has 0 fully saturated rings. The number of alkyl halides is 2. The molecule has 1 atom stereocenters. The Labute approximate surface area is 138 Å². The van der Waals surface area contributed by atoms with Crippen LogP contribution in [0.4, 0.5) is 13.6 Å². The third-order valence-electron chi connectivity index (χ3n) is 3.47. The first kappa shape index (κ1) is 17.7. The molecule has 6 nitrogen and oxygen atoms in total. The van der Waals surface area contributed by atoms with E-state index in [1.54, 1.807) is 16.8 Å². The summed E-state index contributed by atoms with van der Waals surface area (Å²) in [6.07, 6.45) is 1.86. The summed E-state index contributed by atoms with van der Waals surface area (Å²) in [5, 5.41) is 9.79. The van der Waals surface area contributed by atoms with Crippen molar-refractivity contribution in [2.24, 2.45) is 7.05 Å². The molecular weight excluding hydrogens is 318 g/mol. The number of urea groups is 1. The van der Waals surface area contributed by atoms with Crippen LogP contribution in [0.25, 0.3) is 0 Å². The van der Waals surface area contributed by atoms with Gasteiger partial charge in [0.05, 0.1) is 11.7 Å². The van der Waals surface area contributed by atoms with Gasteiger partial charge in [-0.05, 0) is 31.5 Å². The van der Waals surface area contributed by atoms with Crippen molar-refractivity contribution in [3.8, 4) is 5.75 Å². The molecule has 130 valence electrons. The second kappa shape index (κ2) is 7.76. The van der Waals surface area contributed by atoms with Gasteiger partial charge in [0, 0.05) is 25.4 Å². The summed E-state index contributed by atoms with van der Waals surface area (Å²) in [6.45, 7) is 1.19. The molecule has 0 spiro atoms. The summed E-state index contributed by atoms with van der Waals surface area (Å²) < 4.78 is 30.1. The van der Waals surface area contributed by atoms with Gasteiger partial charge in [-0.2, -0.15) is 13.9 Å². The number of hydrogen-bond acceptors (Lipinski definition) is 3. The highest BCUT2D eigenvalue weighted by Crippen LogP contribution is 2.16. The molecule has 2 rings (SSSR count). The minimum absolute atomic E-state index is 0.0823. The molecule has 2 amide bonds. The number of halogens is 2. The lowest BCUT2D eigenvalue weighted by atomic mass is 10.1. The van der Waals surface area contributed by atoms with E-state index >= 15 is 0 Å². The molecule has 0 bridgehead atoms. The highest BCUT2D eigenvalue weighted by Gasteiger charge is 2.14. The number of aryl methyl sites for hydroxylation is 2. The van der Waals surface area contributed by atoms with Gasteiger partial charge in [-0.1, -0.05) is 12.1 Å². The number of aromatic nitrogens is 2. The van der Waals surface area contributed by atoms with Crippen molar-refractivity contribution in [2.75, 3.05) is 0 Å². The van der Waals surface area contributed by atoms with Crippen molar-refractivity contribution >= 4 is 6.03 Å². The molecule has 1 aromatic carbocycles. The summed E-state index contributed by atoms with van der Waals surface area (Å²) >= 11 is 0. The molecule has 0 saturated carbocycles. The van der Waals surface area contributed by atoms with E-state index < -0.39 is 6.61 Å². The zero-order valence-electron chi connectivity index (χ0n) is 13.7. The van der Waals surface area contributed by atoms with Crippen LogP contribution in [0.3, 0.4) is 0 Å². The molecule has 8 heteroatoms. The highest BCUT2D eigenvalue weighted by atomic mass is 19.3. The molecule has 24 heavy (non-hydrogen) atoms. The first-order valence-corrected chi connectivity index (χ1v) is 7.43. The van der Waals surface area contributed by atoms with E-state index in [1.165, 1.54) is 12.1 Å². The van der Waals surface area contributed by atoms with Gasteiger partial charge < -0.3 is 15.4 Å². The number of amides is 2. The summed E-state index contributed by atoms with van der Waals surface area (Å²) in [5.41, 5.74) is 2.58. The standard InChI is InChI=1S/C16H20F2N4O2/c1-10(14-9-22(3)21-11(14)2)20-16(23)19-8-12-4-6-13(7-5-12)24-15(17)18/h4-7,9-10,15H,8H2,1-3H3,(H2,19,20,23). The number of rotatable bonds is 6. The van der Waals surface area contributed by atoms with E-state index in [2.05, 4.69) is 20.5 Å². The Balaban J connectivity index is 1.83. The molecule has 0 saturated heterocycles. The average Bonchev–Trinajstić information content (AvgIpc) is 2.85. The Morgan fingerprint density at radius 2 is 2.00 bits per heavy atom. The average molecular weight is 338 g/mol. The summed E-state index contributed by atoms with van der Waals surface area (Å²) in [4.78, 5) is 12.0. The Hall–Kier alpha value is -2.64. The van der Waals surface area contributed by atoms with Gasteiger partial charge in [0.15, 0.2) is 0 Å². The van der Waals surface area contributed by atoms with Crippen molar-refractivity contribution in [3.63, 3.8) is 0 Å². The molecule has 1 unspecified atom stereocenters. The quantitative estimate of drug-likeness (QED) is 0.851. The number of ether oxygens (including phenoxy) is 1. The van der Waals surface area contributed by atoms with Crippen LogP contribution < -0.4 is 15.4 Å². The summed E-state index contributed by atoms with van der Waals surface area (Å²) in [7, 11) is 1.82. The second-order valence-electron chi connectivity index (χ2n) is 5.41. The van der Waals surface area contributed by atoms with Gasteiger partial charge in [0.1, 0.15) is 5.75 Å².